The van der Waals surface area contributed by atoms with Crippen molar-refractivity contribution in [2.75, 3.05) is 31.7 Å². The normalized spacial score (nSPS) is 15.7. The maximum absolute atomic E-state index is 6.32. The molecule has 0 amide bonds. The van der Waals surface area contributed by atoms with Crippen LogP contribution in [-0.4, -0.2) is 48.5 Å². The molecule has 3 heterocycles. The first-order valence-electron chi connectivity index (χ1n) is 23.1. The highest BCUT2D eigenvalue weighted by molar-refractivity contribution is 6.33. The quantitative estimate of drug-likeness (QED) is 0.0810. The molecule has 7 nitrogen and oxygen atoms in total. The summed E-state index contributed by atoms with van der Waals surface area (Å²) in [5, 5.41) is 7.95. The van der Waals surface area contributed by atoms with Gasteiger partial charge >= 0.3 is 0 Å². The molecule has 5 aromatic rings. The molecule has 2 aromatic heterocycles. The third-order valence-corrected chi connectivity index (χ3v) is 12.5. The maximum atomic E-state index is 6.32. The third-order valence-electron chi connectivity index (χ3n) is 11.6. The van der Waals surface area contributed by atoms with Gasteiger partial charge in [-0.2, -0.15) is 0 Å². The van der Waals surface area contributed by atoms with Crippen molar-refractivity contribution in [2.45, 2.75) is 151 Å². The van der Waals surface area contributed by atoms with E-state index in [9.17, 15) is 0 Å². The molecule has 0 bridgehead atoms. The number of hydrogen-bond acceptors (Lipinski definition) is 5. The second-order valence-corrected chi connectivity index (χ2v) is 18.8. The minimum atomic E-state index is 0.456. The number of ether oxygens (including phenoxy) is 4. The second kappa shape index (κ2) is 24.0. The van der Waals surface area contributed by atoms with E-state index in [4.69, 9.17) is 53.8 Å². The highest BCUT2D eigenvalue weighted by atomic mass is 35.5. The van der Waals surface area contributed by atoms with Crippen LogP contribution in [0.2, 0.25) is 15.1 Å². The van der Waals surface area contributed by atoms with Crippen LogP contribution in [0.3, 0.4) is 0 Å². The van der Waals surface area contributed by atoms with Gasteiger partial charge in [0.2, 0.25) is 0 Å². The van der Waals surface area contributed by atoms with Gasteiger partial charge in [0.1, 0.15) is 23.9 Å². The van der Waals surface area contributed by atoms with Crippen LogP contribution in [0.4, 0.5) is 5.69 Å². The van der Waals surface area contributed by atoms with Crippen LogP contribution in [0, 0.1) is 11.8 Å². The minimum absolute atomic E-state index is 0.456. The Labute approximate surface area is 381 Å². The molecule has 1 aliphatic heterocycles. The first-order chi connectivity index (χ1) is 29.4. The van der Waals surface area contributed by atoms with Crippen LogP contribution in [-0.2, 0) is 11.2 Å². The predicted octanol–water partition coefficient (Wildman–Crippen LogP) is 15.9. The van der Waals surface area contributed by atoms with Gasteiger partial charge in [-0.15, -0.1) is 0 Å². The summed E-state index contributed by atoms with van der Waals surface area (Å²) in [6.45, 7) is 22.0. The number of halogens is 3. The predicted molar refractivity (Wildman–Crippen MR) is 260 cm³/mol. The maximum Gasteiger partial charge on any atom is 0.140 e. The average Bonchev–Trinajstić information content (AvgIpc) is 3.57. The highest BCUT2D eigenvalue weighted by Crippen LogP contribution is 2.38. The van der Waals surface area contributed by atoms with E-state index in [-0.39, 0.29) is 0 Å². The smallest absolute Gasteiger partial charge is 0.140 e. The van der Waals surface area contributed by atoms with E-state index < -0.39 is 0 Å². The fourth-order valence-corrected chi connectivity index (χ4v) is 7.94. The third kappa shape index (κ3) is 14.4. The summed E-state index contributed by atoms with van der Waals surface area (Å²) < 4.78 is 23.0. The Morgan fingerprint density at radius 2 is 1.15 bits per heavy atom. The number of aromatic nitrogens is 2. The Morgan fingerprint density at radius 3 is 1.64 bits per heavy atom. The first kappa shape index (κ1) is 48.8. The largest absolute Gasteiger partial charge is 0.492 e. The van der Waals surface area contributed by atoms with Gasteiger partial charge in [-0.25, -0.2) is 0 Å². The van der Waals surface area contributed by atoms with E-state index in [1.54, 1.807) is 0 Å². The molecule has 2 saturated carbocycles. The van der Waals surface area contributed by atoms with Gasteiger partial charge in [0.05, 0.1) is 41.0 Å². The van der Waals surface area contributed by atoms with Crippen molar-refractivity contribution >= 4 is 62.3 Å². The van der Waals surface area contributed by atoms with Crippen molar-refractivity contribution in [1.29, 1.82) is 0 Å². The number of nitrogens with one attached hydrogen (secondary N) is 3. The highest BCUT2D eigenvalue weighted by Gasteiger charge is 2.25. The summed E-state index contributed by atoms with van der Waals surface area (Å²) in [6, 6.07) is 16.9. The number of benzene rings is 3. The molecular weight excluding hydrogens is 825 g/mol. The molecular formula is C51H72Cl3N3O4. The monoisotopic (exact) mass is 895 g/mol. The lowest BCUT2D eigenvalue weighted by Gasteiger charge is -2.25. The van der Waals surface area contributed by atoms with Crippen LogP contribution < -0.4 is 19.5 Å². The lowest BCUT2D eigenvalue weighted by molar-refractivity contribution is -0.0103. The van der Waals surface area contributed by atoms with Crippen molar-refractivity contribution in [3.63, 3.8) is 0 Å². The Balaban J connectivity index is 0.000000170. The van der Waals surface area contributed by atoms with E-state index in [0.29, 0.717) is 58.2 Å². The van der Waals surface area contributed by atoms with E-state index in [1.807, 2.05) is 50.2 Å². The molecule has 1 unspecified atom stereocenters. The molecule has 336 valence electrons. The molecule has 61 heavy (non-hydrogen) atoms. The van der Waals surface area contributed by atoms with Crippen LogP contribution >= 0.6 is 34.8 Å². The van der Waals surface area contributed by atoms with Gasteiger partial charge in [0, 0.05) is 63.1 Å². The SMILES string of the molecule is CC.CC(C)C1Cc2cc(Cl)c(OCCOC3CCC3)cc2N1.CC(C)c1cc2cc(Cl)c(OCCCC3CC3)cc2[nH]1.CCCCOc1cc2[nH]c(C(C)C)cc2cc1Cl. The summed E-state index contributed by atoms with van der Waals surface area (Å²) >= 11 is 18.9. The fraction of sp³-hybridized carbons (Fsp3) is 0.569. The van der Waals surface area contributed by atoms with E-state index in [0.717, 1.165) is 89.6 Å². The zero-order valence-corrected chi connectivity index (χ0v) is 40.5. The molecule has 8 rings (SSSR count). The van der Waals surface area contributed by atoms with Gasteiger partial charge in [0.25, 0.3) is 0 Å². The van der Waals surface area contributed by atoms with Crippen molar-refractivity contribution in [3.05, 3.63) is 80.6 Å². The number of fused-ring (bicyclic) bond motifs is 3. The summed E-state index contributed by atoms with van der Waals surface area (Å²) in [7, 11) is 0. The van der Waals surface area contributed by atoms with Crippen LogP contribution in [0.15, 0.2) is 48.5 Å². The lowest BCUT2D eigenvalue weighted by Crippen LogP contribution is -2.23. The lowest BCUT2D eigenvalue weighted by atomic mass is 9.96. The summed E-state index contributed by atoms with van der Waals surface area (Å²) in [5.41, 5.74) is 7.11. The van der Waals surface area contributed by atoms with Gasteiger partial charge in [-0.05, 0) is 105 Å². The summed E-state index contributed by atoms with van der Waals surface area (Å²) in [4.78, 5) is 6.86. The second-order valence-electron chi connectivity index (χ2n) is 17.5. The molecule has 0 radical (unpaired) electrons. The molecule has 3 N–H and O–H groups in total. The minimum Gasteiger partial charge on any atom is -0.492 e. The van der Waals surface area contributed by atoms with E-state index in [1.165, 1.54) is 55.5 Å². The van der Waals surface area contributed by atoms with Crippen molar-refractivity contribution < 1.29 is 18.9 Å². The van der Waals surface area contributed by atoms with Crippen LogP contribution in [0.5, 0.6) is 17.2 Å². The molecule has 2 aliphatic carbocycles. The summed E-state index contributed by atoms with van der Waals surface area (Å²) in [5.74, 6) is 4.88. The Kier molecular flexibility index (Phi) is 19.2. The summed E-state index contributed by atoms with van der Waals surface area (Å²) in [6.07, 6.45) is 12.6. The van der Waals surface area contributed by atoms with Crippen molar-refractivity contribution in [1.82, 2.24) is 9.97 Å². The number of anilines is 1. The van der Waals surface area contributed by atoms with Gasteiger partial charge in [0.15, 0.2) is 0 Å². The van der Waals surface area contributed by atoms with Crippen LogP contribution in [0.25, 0.3) is 21.8 Å². The zero-order valence-electron chi connectivity index (χ0n) is 38.2. The number of H-pyrrole nitrogens is 2. The van der Waals surface area contributed by atoms with Gasteiger partial charge < -0.3 is 34.2 Å². The zero-order chi connectivity index (χ0) is 44.1. The Bertz CT molecular complexity index is 2100. The number of rotatable bonds is 17. The molecule has 3 aromatic carbocycles. The molecule has 2 fully saturated rings. The van der Waals surface area contributed by atoms with Crippen LogP contribution in [0.1, 0.15) is 149 Å². The Hall–Kier alpha value is -3.23. The van der Waals surface area contributed by atoms with Crippen molar-refractivity contribution in [2.24, 2.45) is 11.8 Å². The molecule has 3 aliphatic rings. The topological polar surface area (TPSA) is 80.5 Å². The number of hydrogen-bond donors (Lipinski definition) is 3. The van der Waals surface area contributed by atoms with E-state index >= 15 is 0 Å². The molecule has 0 saturated heterocycles. The molecule has 0 spiro atoms. The average molecular weight is 898 g/mol. The van der Waals surface area contributed by atoms with Gasteiger partial charge in [-0.1, -0.05) is 116 Å². The van der Waals surface area contributed by atoms with E-state index in [2.05, 4.69) is 75.9 Å². The molecule has 10 heteroatoms. The first-order valence-corrected chi connectivity index (χ1v) is 24.2. The number of unbranched alkanes of at least 4 members (excludes halogenated alkanes) is 1. The molecule has 1 atom stereocenters. The number of aromatic amines is 2. The Morgan fingerprint density at radius 1 is 0.623 bits per heavy atom. The van der Waals surface area contributed by atoms with Crippen molar-refractivity contribution in [3.8, 4) is 17.2 Å². The standard InChI is InChI=1S/C17H24ClNO2.C17H22ClNO.C15H20ClNO.C2H6/c1-11(2)15-9-12-8-14(18)17(10-16(12)19-15)21-7-6-20-13-4-3-5-13;1-11(2)15-9-13-8-14(18)17(10-16(13)19-15)20-7-3-4-12-5-6-12;1-4-5-6-18-15-9-14-11(7-12(15)16)8-13(17-14)10(2)3;1-2/h8,10-11,13,15,19H,3-7,9H2,1-2H3;8-12,19H,3-7H2,1-2H3;7-10,17H,4-6H2,1-3H3;1-2H3. The fourth-order valence-electron chi connectivity index (χ4n) is 7.24. The van der Waals surface area contributed by atoms with Gasteiger partial charge in [-0.3, -0.25) is 0 Å².